The standard InChI is InChI=1S/C15H22N2O3S/c1-12-6-5-9-17(11-12)15(18)10-16-21(19,20)14-8-4-3-7-13(14)2/h3-4,7-8,12,16H,5-6,9-11H2,1-2H3. The van der Waals surface area contributed by atoms with Crippen LogP contribution in [0.3, 0.4) is 0 Å². The molecular formula is C15H22N2O3S. The molecule has 1 saturated heterocycles. The van der Waals surface area contributed by atoms with Gasteiger partial charge in [-0.15, -0.1) is 0 Å². The van der Waals surface area contributed by atoms with Crippen molar-refractivity contribution in [1.29, 1.82) is 0 Å². The number of rotatable bonds is 4. The van der Waals surface area contributed by atoms with Gasteiger partial charge < -0.3 is 4.90 Å². The van der Waals surface area contributed by atoms with E-state index in [0.29, 0.717) is 18.0 Å². The average Bonchev–Trinajstić information content (AvgIpc) is 2.45. The van der Waals surface area contributed by atoms with Gasteiger partial charge in [-0.2, -0.15) is 0 Å². The van der Waals surface area contributed by atoms with E-state index in [2.05, 4.69) is 11.6 Å². The SMILES string of the molecule is Cc1ccccc1S(=O)(=O)NCC(=O)N1CCCC(C)C1. The number of carbonyl (C=O) groups excluding carboxylic acids is 1. The van der Waals surface area contributed by atoms with Crippen molar-refractivity contribution in [1.82, 2.24) is 9.62 Å². The van der Waals surface area contributed by atoms with Crippen molar-refractivity contribution in [3.63, 3.8) is 0 Å². The van der Waals surface area contributed by atoms with E-state index < -0.39 is 10.0 Å². The van der Waals surface area contributed by atoms with Crippen LogP contribution >= 0.6 is 0 Å². The molecule has 0 spiro atoms. The van der Waals surface area contributed by atoms with Crippen LogP contribution in [0, 0.1) is 12.8 Å². The zero-order valence-electron chi connectivity index (χ0n) is 12.5. The Bertz CT molecular complexity index is 613. The van der Waals surface area contributed by atoms with E-state index in [1.165, 1.54) is 0 Å². The third kappa shape index (κ3) is 4.04. The Hall–Kier alpha value is -1.40. The molecule has 0 aliphatic carbocycles. The molecule has 1 heterocycles. The smallest absolute Gasteiger partial charge is 0.241 e. The summed E-state index contributed by atoms with van der Waals surface area (Å²) in [5, 5.41) is 0. The van der Waals surface area contributed by atoms with Gasteiger partial charge in [0.2, 0.25) is 15.9 Å². The number of nitrogens with one attached hydrogen (secondary N) is 1. The fourth-order valence-corrected chi connectivity index (χ4v) is 3.84. The third-order valence-corrected chi connectivity index (χ3v) is 5.37. The highest BCUT2D eigenvalue weighted by Gasteiger charge is 2.23. The quantitative estimate of drug-likeness (QED) is 0.917. The molecule has 1 atom stereocenters. The van der Waals surface area contributed by atoms with E-state index in [-0.39, 0.29) is 17.3 Å². The third-order valence-electron chi connectivity index (χ3n) is 3.81. The zero-order valence-corrected chi connectivity index (χ0v) is 13.3. The largest absolute Gasteiger partial charge is 0.341 e. The zero-order chi connectivity index (χ0) is 15.5. The summed E-state index contributed by atoms with van der Waals surface area (Å²) < 4.78 is 26.9. The fourth-order valence-electron chi connectivity index (χ4n) is 2.62. The Labute approximate surface area is 126 Å². The van der Waals surface area contributed by atoms with Crippen LogP contribution in [0.25, 0.3) is 0 Å². The van der Waals surface area contributed by atoms with Crippen molar-refractivity contribution in [2.24, 2.45) is 5.92 Å². The van der Waals surface area contributed by atoms with Crippen LogP contribution in [0.5, 0.6) is 0 Å². The number of hydrogen-bond acceptors (Lipinski definition) is 3. The second-order valence-corrected chi connectivity index (χ2v) is 7.41. The average molecular weight is 310 g/mol. The van der Waals surface area contributed by atoms with E-state index in [4.69, 9.17) is 0 Å². The number of sulfonamides is 1. The Morgan fingerprint density at radius 2 is 2.10 bits per heavy atom. The molecule has 1 fully saturated rings. The summed E-state index contributed by atoms with van der Waals surface area (Å²) in [6.45, 7) is 5.10. The first-order valence-corrected chi connectivity index (χ1v) is 8.71. The van der Waals surface area contributed by atoms with Gasteiger partial charge >= 0.3 is 0 Å². The van der Waals surface area contributed by atoms with Gasteiger partial charge in [-0.1, -0.05) is 25.1 Å². The molecule has 0 radical (unpaired) electrons. The van der Waals surface area contributed by atoms with Crippen LogP contribution in [0.2, 0.25) is 0 Å². The number of piperidine rings is 1. The van der Waals surface area contributed by atoms with Crippen molar-refractivity contribution in [2.75, 3.05) is 19.6 Å². The molecule has 1 amide bonds. The van der Waals surface area contributed by atoms with Crippen molar-refractivity contribution in [3.8, 4) is 0 Å². The lowest BCUT2D eigenvalue weighted by atomic mass is 10.0. The van der Waals surface area contributed by atoms with E-state index in [1.54, 1.807) is 36.1 Å². The predicted molar refractivity (Wildman–Crippen MR) is 81.3 cm³/mol. The summed E-state index contributed by atoms with van der Waals surface area (Å²) in [6, 6.07) is 6.75. The molecule has 1 aliphatic heterocycles. The van der Waals surface area contributed by atoms with Crippen LogP contribution in [0.4, 0.5) is 0 Å². The summed E-state index contributed by atoms with van der Waals surface area (Å²) in [7, 11) is -3.64. The maximum Gasteiger partial charge on any atom is 0.241 e. The minimum atomic E-state index is -3.64. The highest BCUT2D eigenvalue weighted by atomic mass is 32.2. The summed E-state index contributed by atoms with van der Waals surface area (Å²) >= 11 is 0. The van der Waals surface area contributed by atoms with Crippen molar-refractivity contribution in [2.45, 2.75) is 31.6 Å². The topological polar surface area (TPSA) is 66.5 Å². The summed E-state index contributed by atoms with van der Waals surface area (Å²) in [4.78, 5) is 14.1. The summed E-state index contributed by atoms with van der Waals surface area (Å²) in [5.41, 5.74) is 0.670. The normalized spacial score (nSPS) is 19.5. The number of amides is 1. The second-order valence-electron chi connectivity index (χ2n) is 5.68. The highest BCUT2D eigenvalue weighted by Crippen LogP contribution is 2.16. The van der Waals surface area contributed by atoms with Gasteiger partial charge in [0.15, 0.2) is 0 Å². The van der Waals surface area contributed by atoms with Crippen molar-refractivity contribution in [3.05, 3.63) is 29.8 Å². The van der Waals surface area contributed by atoms with E-state index >= 15 is 0 Å². The predicted octanol–water partition coefficient (Wildman–Crippen LogP) is 1.53. The lowest BCUT2D eigenvalue weighted by Crippen LogP contribution is -2.44. The fraction of sp³-hybridized carbons (Fsp3) is 0.533. The molecule has 0 aromatic heterocycles. The molecular weight excluding hydrogens is 288 g/mol. The van der Waals surface area contributed by atoms with Crippen molar-refractivity contribution < 1.29 is 13.2 Å². The molecule has 1 aromatic rings. The Morgan fingerprint density at radius 3 is 2.76 bits per heavy atom. The maximum atomic E-state index is 12.2. The molecule has 1 N–H and O–H groups in total. The van der Waals surface area contributed by atoms with Crippen LogP contribution in [0.15, 0.2) is 29.2 Å². The van der Waals surface area contributed by atoms with Gasteiger partial charge in [-0.25, -0.2) is 13.1 Å². The van der Waals surface area contributed by atoms with Gasteiger partial charge in [-0.3, -0.25) is 4.79 Å². The summed E-state index contributed by atoms with van der Waals surface area (Å²) in [6.07, 6.45) is 2.11. The van der Waals surface area contributed by atoms with Crippen LogP contribution in [-0.2, 0) is 14.8 Å². The molecule has 5 nitrogen and oxygen atoms in total. The molecule has 1 aliphatic rings. The van der Waals surface area contributed by atoms with Gasteiger partial charge in [0.1, 0.15) is 0 Å². The Morgan fingerprint density at radius 1 is 1.38 bits per heavy atom. The molecule has 21 heavy (non-hydrogen) atoms. The molecule has 2 rings (SSSR count). The number of hydrogen-bond donors (Lipinski definition) is 1. The number of carbonyl (C=O) groups is 1. The monoisotopic (exact) mass is 310 g/mol. The Balaban J connectivity index is 1.99. The molecule has 0 saturated carbocycles. The van der Waals surface area contributed by atoms with Crippen LogP contribution in [0.1, 0.15) is 25.3 Å². The number of benzene rings is 1. The van der Waals surface area contributed by atoms with Gasteiger partial charge in [0.05, 0.1) is 11.4 Å². The lowest BCUT2D eigenvalue weighted by Gasteiger charge is -2.31. The highest BCUT2D eigenvalue weighted by molar-refractivity contribution is 7.89. The molecule has 1 aromatic carbocycles. The van der Waals surface area contributed by atoms with Crippen molar-refractivity contribution >= 4 is 15.9 Å². The second kappa shape index (κ2) is 6.58. The van der Waals surface area contributed by atoms with Crippen LogP contribution in [-0.4, -0.2) is 38.9 Å². The minimum Gasteiger partial charge on any atom is -0.341 e. The first-order chi connectivity index (χ1) is 9.90. The van der Waals surface area contributed by atoms with Gasteiger partial charge in [0.25, 0.3) is 0 Å². The van der Waals surface area contributed by atoms with Gasteiger partial charge in [0, 0.05) is 13.1 Å². The van der Waals surface area contributed by atoms with Crippen LogP contribution < -0.4 is 4.72 Å². The summed E-state index contributed by atoms with van der Waals surface area (Å²) in [5.74, 6) is 0.328. The number of nitrogens with zero attached hydrogens (tertiary/aromatic N) is 1. The maximum absolute atomic E-state index is 12.2. The molecule has 6 heteroatoms. The van der Waals surface area contributed by atoms with E-state index in [1.807, 2.05) is 0 Å². The van der Waals surface area contributed by atoms with E-state index in [9.17, 15) is 13.2 Å². The first-order valence-electron chi connectivity index (χ1n) is 7.23. The Kier molecular flexibility index (Phi) is 5.00. The minimum absolute atomic E-state index is 0.154. The lowest BCUT2D eigenvalue weighted by molar-refractivity contribution is -0.131. The molecule has 1 unspecified atom stereocenters. The number of likely N-dealkylation sites (tertiary alicyclic amines) is 1. The van der Waals surface area contributed by atoms with Gasteiger partial charge in [-0.05, 0) is 37.3 Å². The number of aryl methyl sites for hydroxylation is 1. The van der Waals surface area contributed by atoms with E-state index in [0.717, 1.165) is 19.4 Å². The molecule has 0 bridgehead atoms. The first kappa shape index (κ1) is 16.0. The molecule has 116 valence electrons.